The molecule has 29 heavy (non-hydrogen) atoms. The van der Waals surface area contributed by atoms with Gasteiger partial charge >= 0.3 is 0 Å². The molecule has 0 bridgehead atoms. The zero-order chi connectivity index (χ0) is 20.6. The Morgan fingerprint density at radius 3 is 2.59 bits per heavy atom. The van der Waals surface area contributed by atoms with Crippen LogP contribution >= 0.6 is 0 Å². The number of hydrogen-bond acceptors (Lipinski definition) is 3. The molecule has 2 unspecified atom stereocenters. The average molecular weight is 388 g/mol. The summed E-state index contributed by atoms with van der Waals surface area (Å²) in [6, 6.07) is 15.8. The second-order valence-electron chi connectivity index (χ2n) is 8.87. The lowest BCUT2D eigenvalue weighted by atomic mass is 9.66. The standard InChI is InChI=1S/C23H24N4O2/c1-22(2)19-16-6-4-3-5-15(16)18-9-13-7-8-14(20(24)28)10-17(13)27(18)12-23(19,11-26-22)21(25)29/h3-10,19,26H,11-12H2,1-2H3,(H2,24,28)(H2,25,29). The minimum Gasteiger partial charge on any atom is -0.369 e. The predicted molar refractivity (Wildman–Crippen MR) is 112 cm³/mol. The summed E-state index contributed by atoms with van der Waals surface area (Å²) in [5.74, 6) is -0.850. The molecular formula is C23H24N4O2. The smallest absolute Gasteiger partial charge is 0.248 e. The van der Waals surface area contributed by atoms with Crippen LogP contribution in [0.25, 0.3) is 22.2 Å². The van der Waals surface area contributed by atoms with Crippen molar-refractivity contribution in [2.75, 3.05) is 6.54 Å². The van der Waals surface area contributed by atoms with E-state index in [1.54, 1.807) is 6.07 Å². The molecule has 5 rings (SSSR count). The van der Waals surface area contributed by atoms with Gasteiger partial charge < -0.3 is 21.4 Å². The molecule has 2 aromatic carbocycles. The fourth-order valence-electron chi connectivity index (χ4n) is 5.49. The van der Waals surface area contributed by atoms with E-state index in [9.17, 15) is 9.59 Å². The van der Waals surface area contributed by atoms with Crippen molar-refractivity contribution in [1.82, 2.24) is 9.88 Å². The maximum atomic E-state index is 12.9. The largest absolute Gasteiger partial charge is 0.369 e. The highest BCUT2D eigenvalue weighted by Gasteiger charge is 2.58. The third-order valence-corrected chi connectivity index (χ3v) is 6.80. The van der Waals surface area contributed by atoms with Crippen molar-refractivity contribution < 1.29 is 9.59 Å². The van der Waals surface area contributed by atoms with Gasteiger partial charge in [0.05, 0.1) is 5.41 Å². The summed E-state index contributed by atoms with van der Waals surface area (Å²) >= 11 is 0. The van der Waals surface area contributed by atoms with Crippen LogP contribution in [0.5, 0.6) is 0 Å². The molecule has 2 aliphatic heterocycles. The van der Waals surface area contributed by atoms with Gasteiger partial charge in [0.25, 0.3) is 0 Å². The number of benzene rings is 2. The lowest BCUT2D eigenvalue weighted by Crippen LogP contribution is -2.47. The number of amides is 2. The van der Waals surface area contributed by atoms with Crippen molar-refractivity contribution in [1.29, 1.82) is 0 Å². The molecule has 5 N–H and O–H groups in total. The number of nitrogens with one attached hydrogen (secondary N) is 1. The maximum absolute atomic E-state index is 12.9. The van der Waals surface area contributed by atoms with Crippen LogP contribution in [-0.2, 0) is 11.3 Å². The number of fused-ring (bicyclic) bond motifs is 7. The molecule has 6 heteroatoms. The molecule has 2 aliphatic rings. The van der Waals surface area contributed by atoms with Gasteiger partial charge in [-0.2, -0.15) is 0 Å². The highest BCUT2D eigenvalue weighted by Crippen LogP contribution is 2.54. The number of aromatic nitrogens is 1. The Hall–Kier alpha value is -3.12. The van der Waals surface area contributed by atoms with Crippen LogP contribution < -0.4 is 16.8 Å². The molecule has 1 saturated heterocycles. The fourth-order valence-corrected chi connectivity index (χ4v) is 5.49. The summed E-state index contributed by atoms with van der Waals surface area (Å²) in [6.07, 6.45) is 0. The van der Waals surface area contributed by atoms with E-state index in [0.29, 0.717) is 18.7 Å². The molecule has 3 heterocycles. The molecule has 0 radical (unpaired) electrons. The topological polar surface area (TPSA) is 103 Å². The number of carbonyl (C=O) groups excluding carboxylic acids is 2. The van der Waals surface area contributed by atoms with E-state index in [1.807, 2.05) is 24.3 Å². The Kier molecular flexibility index (Phi) is 3.53. The average Bonchev–Trinajstić information content (AvgIpc) is 3.12. The van der Waals surface area contributed by atoms with Gasteiger partial charge in [0.2, 0.25) is 11.8 Å². The van der Waals surface area contributed by atoms with Gasteiger partial charge in [-0.1, -0.05) is 30.3 Å². The van der Waals surface area contributed by atoms with Crippen molar-refractivity contribution in [3.8, 4) is 11.3 Å². The number of rotatable bonds is 2. The molecule has 6 nitrogen and oxygen atoms in total. The lowest BCUT2D eigenvalue weighted by molar-refractivity contribution is -0.128. The van der Waals surface area contributed by atoms with E-state index in [1.165, 1.54) is 0 Å². The zero-order valence-corrected chi connectivity index (χ0v) is 16.5. The first kappa shape index (κ1) is 17.9. The molecule has 2 atom stereocenters. The van der Waals surface area contributed by atoms with E-state index < -0.39 is 11.3 Å². The van der Waals surface area contributed by atoms with E-state index in [2.05, 4.69) is 41.9 Å². The Bertz CT molecular complexity index is 1190. The molecule has 1 aromatic heterocycles. The second-order valence-corrected chi connectivity index (χ2v) is 8.87. The van der Waals surface area contributed by atoms with Gasteiger partial charge in [0.15, 0.2) is 0 Å². The number of carbonyl (C=O) groups is 2. The third-order valence-electron chi connectivity index (χ3n) is 6.80. The van der Waals surface area contributed by atoms with Crippen molar-refractivity contribution in [2.24, 2.45) is 16.9 Å². The van der Waals surface area contributed by atoms with Crippen LogP contribution in [0.2, 0.25) is 0 Å². The van der Waals surface area contributed by atoms with E-state index in [4.69, 9.17) is 11.5 Å². The van der Waals surface area contributed by atoms with Gasteiger partial charge in [0.1, 0.15) is 0 Å². The number of hydrogen-bond donors (Lipinski definition) is 3. The minimum absolute atomic E-state index is 0.0713. The highest BCUT2D eigenvalue weighted by molar-refractivity contribution is 5.99. The van der Waals surface area contributed by atoms with Crippen molar-refractivity contribution in [3.63, 3.8) is 0 Å². The van der Waals surface area contributed by atoms with Crippen molar-refractivity contribution >= 4 is 22.7 Å². The number of nitrogens with two attached hydrogens (primary N) is 2. The first-order valence-electron chi connectivity index (χ1n) is 9.82. The molecule has 1 fully saturated rings. The van der Waals surface area contributed by atoms with Crippen LogP contribution in [0.15, 0.2) is 48.5 Å². The second kappa shape index (κ2) is 5.70. The quantitative estimate of drug-likeness (QED) is 0.628. The fraction of sp³-hybridized carbons (Fsp3) is 0.304. The summed E-state index contributed by atoms with van der Waals surface area (Å²) in [5, 5.41) is 4.54. The van der Waals surface area contributed by atoms with Gasteiger partial charge in [-0.05, 0) is 37.6 Å². The Morgan fingerprint density at radius 2 is 1.86 bits per heavy atom. The summed E-state index contributed by atoms with van der Waals surface area (Å²) in [4.78, 5) is 24.7. The molecule has 2 amide bonds. The Labute approximate surface area is 168 Å². The van der Waals surface area contributed by atoms with E-state index in [-0.39, 0.29) is 17.4 Å². The van der Waals surface area contributed by atoms with Gasteiger partial charge in [0, 0.05) is 52.3 Å². The summed E-state index contributed by atoms with van der Waals surface area (Å²) in [6.45, 7) is 5.20. The normalized spacial score (nSPS) is 24.4. The maximum Gasteiger partial charge on any atom is 0.248 e. The van der Waals surface area contributed by atoms with Crippen LogP contribution in [0.4, 0.5) is 0 Å². The van der Waals surface area contributed by atoms with Crippen LogP contribution in [0, 0.1) is 5.41 Å². The lowest BCUT2D eigenvalue weighted by Gasteiger charge is -2.36. The molecule has 148 valence electrons. The number of primary amides is 2. The highest BCUT2D eigenvalue weighted by atomic mass is 16.1. The first-order chi connectivity index (χ1) is 13.7. The molecule has 0 aliphatic carbocycles. The van der Waals surface area contributed by atoms with Gasteiger partial charge in [-0.25, -0.2) is 0 Å². The zero-order valence-electron chi connectivity index (χ0n) is 16.5. The van der Waals surface area contributed by atoms with Crippen LogP contribution in [-0.4, -0.2) is 28.5 Å². The molecular weight excluding hydrogens is 364 g/mol. The van der Waals surface area contributed by atoms with Crippen molar-refractivity contribution in [2.45, 2.75) is 31.8 Å². The van der Waals surface area contributed by atoms with E-state index >= 15 is 0 Å². The number of nitrogens with zero attached hydrogens (tertiary/aromatic N) is 1. The summed E-state index contributed by atoms with van der Waals surface area (Å²) < 4.78 is 2.13. The summed E-state index contributed by atoms with van der Waals surface area (Å²) in [7, 11) is 0. The molecule has 0 spiro atoms. The third kappa shape index (κ3) is 2.32. The Morgan fingerprint density at radius 1 is 1.10 bits per heavy atom. The predicted octanol–water partition coefficient (Wildman–Crippen LogP) is 2.36. The van der Waals surface area contributed by atoms with E-state index in [0.717, 1.165) is 27.7 Å². The van der Waals surface area contributed by atoms with Gasteiger partial charge in [-0.15, -0.1) is 0 Å². The monoisotopic (exact) mass is 388 g/mol. The van der Waals surface area contributed by atoms with Crippen molar-refractivity contribution in [3.05, 3.63) is 59.7 Å². The summed E-state index contributed by atoms with van der Waals surface area (Å²) in [5.41, 5.74) is 15.1. The Balaban J connectivity index is 1.88. The van der Waals surface area contributed by atoms with Gasteiger partial charge in [-0.3, -0.25) is 9.59 Å². The first-order valence-corrected chi connectivity index (χ1v) is 9.82. The van der Waals surface area contributed by atoms with Crippen LogP contribution in [0.1, 0.15) is 35.7 Å². The minimum atomic E-state index is -0.778. The molecule has 0 saturated carbocycles. The molecule has 3 aromatic rings. The van der Waals surface area contributed by atoms with Crippen LogP contribution in [0.3, 0.4) is 0 Å². The SMILES string of the molecule is CC1(C)NCC2(C(N)=O)Cn3c(cc4ccc(C(N)=O)cc43)-c3ccccc3C12.